The Labute approximate surface area is 140 Å². The van der Waals surface area contributed by atoms with Crippen molar-refractivity contribution in [1.29, 1.82) is 0 Å². The van der Waals surface area contributed by atoms with E-state index in [9.17, 15) is 0 Å². The van der Waals surface area contributed by atoms with Crippen LogP contribution in [0.5, 0.6) is 5.75 Å². The number of piperazine rings is 1. The Morgan fingerprint density at radius 3 is 2.38 bits per heavy atom. The molecule has 0 bridgehead atoms. The molecule has 1 fully saturated rings. The molecule has 3 nitrogen and oxygen atoms in total. The quantitative estimate of drug-likeness (QED) is 0.807. The van der Waals surface area contributed by atoms with Crippen LogP contribution in [0.1, 0.15) is 24.9 Å². The van der Waals surface area contributed by atoms with Gasteiger partial charge in [0.25, 0.3) is 0 Å². The van der Waals surface area contributed by atoms with Crippen LogP contribution in [0.2, 0.25) is 0 Å². The summed E-state index contributed by atoms with van der Waals surface area (Å²) in [5.41, 5.74) is 1.35. The monoisotopic (exact) mass is 332 g/mol. The third-order valence-electron chi connectivity index (χ3n) is 3.56. The molecule has 0 aromatic heterocycles. The summed E-state index contributed by atoms with van der Waals surface area (Å²) in [4.78, 5) is 2.54. The van der Waals surface area contributed by atoms with E-state index in [4.69, 9.17) is 4.74 Å². The number of nitrogens with zero attached hydrogens (tertiary/aromatic N) is 1. The van der Waals surface area contributed by atoms with Crippen molar-refractivity contribution in [2.24, 2.45) is 0 Å². The van der Waals surface area contributed by atoms with Crippen molar-refractivity contribution in [3.05, 3.63) is 42.5 Å². The van der Waals surface area contributed by atoms with E-state index in [0.717, 1.165) is 38.3 Å². The van der Waals surface area contributed by atoms with Crippen LogP contribution >= 0.6 is 24.8 Å². The maximum atomic E-state index is 5.50. The van der Waals surface area contributed by atoms with E-state index in [1.54, 1.807) is 0 Å². The maximum absolute atomic E-state index is 5.50. The number of rotatable bonds is 6. The smallest absolute Gasteiger partial charge is 0.119 e. The number of halogens is 2. The van der Waals surface area contributed by atoms with Gasteiger partial charge in [0, 0.05) is 32.2 Å². The van der Waals surface area contributed by atoms with Crippen molar-refractivity contribution in [2.45, 2.75) is 19.4 Å². The molecule has 0 saturated carbocycles. The molecule has 120 valence electrons. The molecule has 0 amide bonds. The van der Waals surface area contributed by atoms with Crippen LogP contribution < -0.4 is 10.1 Å². The Morgan fingerprint density at radius 1 is 1.24 bits per heavy atom. The van der Waals surface area contributed by atoms with Crippen molar-refractivity contribution < 1.29 is 4.74 Å². The molecule has 1 aromatic rings. The average Bonchev–Trinajstić information content (AvgIpc) is 2.47. The van der Waals surface area contributed by atoms with E-state index in [2.05, 4.69) is 41.1 Å². The fourth-order valence-corrected chi connectivity index (χ4v) is 2.60. The number of benzene rings is 1. The van der Waals surface area contributed by atoms with Gasteiger partial charge in [-0.2, -0.15) is 0 Å². The van der Waals surface area contributed by atoms with Crippen LogP contribution in [0.3, 0.4) is 0 Å². The first-order valence-corrected chi connectivity index (χ1v) is 7.13. The van der Waals surface area contributed by atoms with Crippen molar-refractivity contribution in [1.82, 2.24) is 10.2 Å². The van der Waals surface area contributed by atoms with Gasteiger partial charge in [0.05, 0.1) is 6.61 Å². The van der Waals surface area contributed by atoms with Crippen molar-refractivity contribution >= 4 is 24.8 Å². The zero-order valence-electron chi connectivity index (χ0n) is 12.6. The van der Waals surface area contributed by atoms with Gasteiger partial charge in [-0.05, 0) is 31.0 Å². The summed E-state index contributed by atoms with van der Waals surface area (Å²) in [6, 6.07) is 8.94. The molecule has 0 radical (unpaired) electrons. The Morgan fingerprint density at radius 2 is 1.86 bits per heavy atom. The van der Waals surface area contributed by atoms with Gasteiger partial charge in [0.15, 0.2) is 0 Å². The molecule has 1 N–H and O–H groups in total. The summed E-state index contributed by atoms with van der Waals surface area (Å²) in [5, 5.41) is 3.40. The Hall–Kier alpha value is -0.740. The first-order valence-electron chi connectivity index (χ1n) is 7.13. The molecule has 2 rings (SSSR count). The van der Waals surface area contributed by atoms with Gasteiger partial charge >= 0.3 is 0 Å². The van der Waals surface area contributed by atoms with E-state index < -0.39 is 0 Å². The normalized spacial score (nSPS) is 16.2. The lowest BCUT2D eigenvalue weighted by Gasteiger charge is -2.34. The lowest BCUT2D eigenvalue weighted by atomic mass is 10.0. The molecule has 1 aliphatic rings. The molecule has 0 spiro atoms. The summed E-state index contributed by atoms with van der Waals surface area (Å²) in [7, 11) is 0. The predicted octanol–water partition coefficient (Wildman–Crippen LogP) is 3.45. The molecular weight excluding hydrogens is 307 g/mol. The van der Waals surface area contributed by atoms with Crippen LogP contribution in [0, 0.1) is 0 Å². The molecule has 21 heavy (non-hydrogen) atoms. The van der Waals surface area contributed by atoms with Gasteiger partial charge in [0.1, 0.15) is 5.75 Å². The minimum Gasteiger partial charge on any atom is -0.494 e. The van der Waals surface area contributed by atoms with E-state index in [1.165, 1.54) is 5.56 Å². The Balaban J connectivity index is 0.00000200. The Bertz CT molecular complexity index is 392. The summed E-state index contributed by atoms with van der Waals surface area (Å²) >= 11 is 0. The second-order valence-corrected chi connectivity index (χ2v) is 4.83. The van der Waals surface area contributed by atoms with Gasteiger partial charge in [-0.15, -0.1) is 31.4 Å². The third kappa shape index (κ3) is 5.87. The van der Waals surface area contributed by atoms with Crippen LogP contribution in [0.4, 0.5) is 0 Å². The third-order valence-corrected chi connectivity index (χ3v) is 3.56. The van der Waals surface area contributed by atoms with Crippen LogP contribution in [0.25, 0.3) is 0 Å². The van der Waals surface area contributed by atoms with Gasteiger partial charge in [-0.3, -0.25) is 4.90 Å². The summed E-state index contributed by atoms with van der Waals surface area (Å²) in [6.07, 6.45) is 3.01. The predicted molar refractivity (Wildman–Crippen MR) is 94.1 cm³/mol. The standard InChI is InChI=1S/C16H24N2O.2ClH/c1-3-5-16(18-12-10-17-11-13-18)14-6-8-15(9-7-14)19-4-2;;/h3,6-9,16-17H,1,4-5,10-13H2,2H3;2*1H/t16-;;/m1../s1. The van der Waals surface area contributed by atoms with Crippen molar-refractivity contribution in [3.8, 4) is 5.75 Å². The summed E-state index contributed by atoms with van der Waals surface area (Å²) in [6.45, 7) is 11.0. The highest BCUT2D eigenvalue weighted by molar-refractivity contribution is 5.85. The first-order chi connectivity index (χ1) is 9.35. The van der Waals surface area contributed by atoms with E-state index >= 15 is 0 Å². The molecule has 1 aliphatic heterocycles. The van der Waals surface area contributed by atoms with Gasteiger partial charge in [0.2, 0.25) is 0 Å². The zero-order chi connectivity index (χ0) is 13.5. The van der Waals surface area contributed by atoms with Gasteiger partial charge in [-0.25, -0.2) is 0 Å². The highest BCUT2D eigenvalue weighted by atomic mass is 35.5. The number of hydrogen-bond acceptors (Lipinski definition) is 3. The van der Waals surface area contributed by atoms with Crippen LogP contribution in [0.15, 0.2) is 36.9 Å². The molecule has 5 heteroatoms. The molecule has 1 aromatic carbocycles. The van der Waals surface area contributed by atoms with Crippen LogP contribution in [-0.4, -0.2) is 37.7 Å². The fourth-order valence-electron chi connectivity index (χ4n) is 2.60. The minimum absolute atomic E-state index is 0. The number of ether oxygens (including phenoxy) is 1. The topological polar surface area (TPSA) is 24.5 Å². The maximum Gasteiger partial charge on any atom is 0.119 e. The molecule has 1 atom stereocenters. The highest BCUT2D eigenvalue weighted by Crippen LogP contribution is 2.26. The molecule has 0 aliphatic carbocycles. The molecule has 1 saturated heterocycles. The second-order valence-electron chi connectivity index (χ2n) is 4.83. The molecule has 1 heterocycles. The highest BCUT2D eigenvalue weighted by Gasteiger charge is 2.20. The van der Waals surface area contributed by atoms with Crippen molar-refractivity contribution in [3.63, 3.8) is 0 Å². The molecular formula is C16H26Cl2N2O. The molecule has 0 unspecified atom stereocenters. The van der Waals surface area contributed by atoms with E-state index in [-0.39, 0.29) is 24.8 Å². The van der Waals surface area contributed by atoms with Crippen LogP contribution in [-0.2, 0) is 0 Å². The Kier molecular flexibility index (Phi) is 10.5. The van der Waals surface area contributed by atoms with Gasteiger partial charge < -0.3 is 10.1 Å². The van der Waals surface area contributed by atoms with E-state index in [0.29, 0.717) is 12.6 Å². The second kappa shape index (κ2) is 10.9. The number of hydrogen-bond donors (Lipinski definition) is 1. The summed E-state index contributed by atoms with van der Waals surface area (Å²) in [5.74, 6) is 0.948. The lowest BCUT2D eigenvalue weighted by molar-refractivity contribution is 0.174. The lowest BCUT2D eigenvalue weighted by Crippen LogP contribution is -2.45. The van der Waals surface area contributed by atoms with Gasteiger partial charge in [-0.1, -0.05) is 18.2 Å². The average molecular weight is 333 g/mol. The minimum atomic E-state index is 0. The zero-order valence-corrected chi connectivity index (χ0v) is 14.2. The summed E-state index contributed by atoms with van der Waals surface area (Å²) < 4.78 is 5.50. The number of nitrogens with one attached hydrogen (secondary N) is 1. The largest absolute Gasteiger partial charge is 0.494 e. The van der Waals surface area contributed by atoms with Crippen molar-refractivity contribution in [2.75, 3.05) is 32.8 Å². The SMILES string of the molecule is C=CC[C@H](c1ccc(OCC)cc1)N1CCNCC1.Cl.Cl. The van der Waals surface area contributed by atoms with E-state index in [1.807, 2.05) is 13.0 Å². The first kappa shape index (κ1) is 20.3. The fraction of sp³-hybridized carbons (Fsp3) is 0.500.